The average molecular weight is 741 g/mol. The number of rotatable bonds is 12. The Morgan fingerprint density at radius 3 is 2.28 bits per heavy atom. The van der Waals surface area contributed by atoms with Crippen molar-refractivity contribution < 1.29 is 33.4 Å². The molecule has 2 aliphatic heterocycles. The van der Waals surface area contributed by atoms with Crippen LogP contribution in [0.15, 0.2) is 66.7 Å². The second-order valence-corrected chi connectivity index (χ2v) is 14.3. The molecule has 3 aromatic carbocycles. The van der Waals surface area contributed by atoms with E-state index in [0.29, 0.717) is 97.6 Å². The number of hydrogen-bond donors (Lipinski definition) is 1. The van der Waals surface area contributed by atoms with Gasteiger partial charge in [-0.25, -0.2) is 4.98 Å². The van der Waals surface area contributed by atoms with E-state index < -0.39 is 12.0 Å². The van der Waals surface area contributed by atoms with E-state index in [2.05, 4.69) is 5.32 Å². The number of nitrogens with zero attached hydrogens (tertiary/aromatic N) is 5. The summed E-state index contributed by atoms with van der Waals surface area (Å²) in [6.07, 6.45) is 1.20. The first-order chi connectivity index (χ1) is 25.6. The summed E-state index contributed by atoms with van der Waals surface area (Å²) in [5, 5.41) is 3.49. The average Bonchev–Trinajstić information content (AvgIpc) is 3.69. The number of anilines is 2. The molecule has 2 atom stereocenters. The third-order valence-electron chi connectivity index (χ3n) is 9.43. The molecule has 0 bridgehead atoms. The second-order valence-electron chi connectivity index (χ2n) is 13.1. The van der Waals surface area contributed by atoms with Gasteiger partial charge in [0, 0.05) is 68.3 Å². The minimum absolute atomic E-state index is 0.0533. The lowest BCUT2D eigenvalue weighted by Crippen LogP contribution is -2.49. The monoisotopic (exact) mass is 740 g/mol. The van der Waals surface area contributed by atoms with Crippen molar-refractivity contribution in [3.8, 4) is 17.2 Å². The zero-order valence-electron chi connectivity index (χ0n) is 30.4. The summed E-state index contributed by atoms with van der Waals surface area (Å²) in [7, 11) is 3.07. The first-order valence-corrected chi connectivity index (χ1v) is 18.6. The molecule has 1 N–H and O–H groups in total. The van der Waals surface area contributed by atoms with Crippen LogP contribution < -0.4 is 24.4 Å². The molecule has 0 saturated carbocycles. The summed E-state index contributed by atoms with van der Waals surface area (Å²) in [4.78, 5) is 67.2. The van der Waals surface area contributed by atoms with Gasteiger partial charge in [0.05, 0.1) is 19.7 Å². The topological polar surface area (TPSA) is 144 Å². The standard InChI is InChI=1S/C39H44N6O7S/c1-25(24-53-26(2)46)37(48)45-16-8-11-32(45)36(47)41-35-30-21-33(50-3)34(51-4)22-31(30)40-39(42-35)44-19-17-43(18-20-44)38(49)28-12-14-29(15-13-28)52-23-27-9-6-5-7-10-27/h5-7,9-10,12-15,21-22,25,32H,8,11,16-20,23-24H2,1-4H3,(H,40,41,42,47)/t25?,32-/m0/s1. The Hall–Kier alpha value is -5.37. The summed E-state index contributed by atoms with van der Waals surface area (Å²) in [5.74, 6) is 1.64. The van der Waals surface area contributed by atoms with Gasteiger partial charge in [-0.05, 0) is 48.7 Å². The van der Waals surface area contributed by atoms with Crippen molar-refractivity contribution in [3.05, 3.63) is 77.9 Å². The number of amides is 3. The van der Waals surface area contributed by atoms with E-state index in [1.54, 1.807) is 41.0 Å². The highest BCUT2D eigenvalue weighted by Crippen LogP contribution is 2.36. The molecule has 3 amide bonds. The van der Waals surface area contributed by atoms with Gasteiger partial charge in [-0.3, -0.25) is 19.2 Å². The van der Waals surface area contributed by atoms with Crippen molar-refractivity contribution in [2.24, 2.45) is 5.92 Å². The predicted octanol–water partition coefficient (Wildman–Crippen LogP) is 5.03. The van der Waals surface area contributed by atoms with Crippen molar-refractivity contribution in [2.45, 2.75) is 39.3 Å². The highest BCUT2D eigenvalue weighted by atomic mass is 32.2. The summed E-state index contributed by atoms with van der Waals surface area (Å²) < 4.78 is 17.0. The molecule has 13 nitrogen and oxygen atoms in total. The highest BCUT2D eigenvalue weighted by molar-refractivity contribution is 8.13. The highest BCUT2D eigenvalue weighted by Gasteiger charge is 2.36. The molecule has 3 heterocycles. The molecule has 0 radical (unpaired) electrons. The molecule has 2 fully saturated rings. The van der Waals surface area contributed by atoms with E-state index in [-0.39, 0.29) is 28.7 Å². The molecular weight excluding hydrogens is 697 g/mol. The predicted molar refractivity (Wildman–Crippen MR) is 204 cm³/mol. The van der Waals surface area contributed by atoms with Crippen LogP contribution in [0.25, 0.3) is 10.9 Å². The fraction of sp³-hybridized carbons (Fsp3) is 0.385. The van der Waals surface area contributed by atoms with Crippen LogP contribution in [0.2, 0.25) is 0 Å². The summed E-state index contributed by atoms with van der Waals surface area (Å²) in [5.41, 5.74) is 2.17. The summed E-state index contributed by atoms with van der Waals surface area (Å²) in [6, 6.07) is 19.9. The number of hydrogen-bond acceptors (Lipinski definition) is 11. The maximum atomic E-state index is 13.9. The Bertz CT molecular complexity index is 1950. The van der Waals surface area contributed by atoms with Gasteiger partial charge < -0.3 is 34.2 Å². The van der Waals surface area contributed by atoms with Crippen molar-refractivity contribution in [3.63, 3.8) is 0 Å². The summed E-state index contributed by atoms with van der Waals surface area (Å²) >= 11 is 1.11. The van der Waals surface area contributed by atoms with Crippen LogP contribution in [0.5, 0.6) is 17.2 Å². The van der Waals surface area contributed by atoms with Crippen LogP contribution in [-0.2, 0) is 21.0 Å². The van der Waals surface area contributed by atoms with E-state index >= 15 is 0 Å². The van der Waals surface area contributed by atoms with Crippen molar-refractivity contribution >= 4 is 57.3 Å². The minimum atomic E-state index is -0.681. The molecule has 6 rings (SSSR count). The number of aromatic nitrogens is 2. The fourth-order valence-electron chi connectivity index (χ4n) is 6.51. The number of ether oxygens (including phenoxy) is 3. The van der Waals surface area contributed by atoms with Gasteiger partial charge in [-0.2, -0.15) is 4.98 Å². The van der Waals surface area contributed by atoms with Crippen LogP contribution in [0.4, 0.5) is 11.8 Å². The van der Waals surface area contributed by atoms with Crippen LogP contribution in [0.1, 0.15) is 42.6 Å². The van der Waals surface area contributed by atoms with E-state index in [1.165, 1.54) is 21.1 Å². The van der Waals surface area contributed by atoms with Gasteiger partial charge in [-0.15, -0.1) is 0 Å². The molecule has 53 heavy (non-hydrogen) atoms. The van der Waals surface area contributed by atoms with Crippen LogP contribution in [-0.4, -0.2) is 101 Å². The molecule has 0 aliphatic carbocycles. The molecule has 1 aromatic heterocycles. The van der Waals surface area contributed by atoms with E-state index in [1.807, 2.05) is 47.4 Å². The Balaban J connectivity index is 1.16. The molecule has 1 unspecified atom stereocenters. The molecule has 4 aromatic rings. The molecular formula is C39H44N6O7S. The van der Waals surface area contributed by atoms with E-state index in [0.717, 1.165) is 17.3 Å². The van der Waals surface area contributed by atoms with Gasteiger partial charge in [0.15, 0.2) is 16.6 Å². The fourth-order valence-corrected chi connectivity index (χ4v) is 7.13. The quantitative estimate of drug-likeness (QED) is 0.209. The number of carbonyl (C=O) groups excluding carboxylic acids is 4. The normalized spacial score (nSPS) is 16.3. The zero-order valence-corrected chi connectivity index (χ0v) is 31.2. The molecule has 2 aliphatic rings. The number of methoxy groups -OCH3 is 2. The van der Waals surface area contributed by atoms with Gasteiger partial charge in [0.25, 0.3) is 5.91 Å². The number of piperazine rings is 1. The number of thioether (sulfide) groups is 1. The smallest absolute Gasteiger partial charge is 0.253 e. The Labute approximate surface area is 313 Å². The van der Waals surface area contributed by atoms with Crippen molar-refractivity contribution in [1.82, 2.24) is 19.8 Å². The number of likely N-dealkylation sites (tertiary alicyclic amines) is 1. The van der Waals surface area contributed by atoms with Crippen molar-refractivity contribution in [2.75, 3.05) is 62.9 Å². The Morgan fingerprint density at radius 2 is 1.60 bits per heavy atom. The third-order valence-corrected chi connectivity index (χ3v) is 10.5. The van der Waals surface area contributed by atoms with E-state index in [9.17, 15) is 19.2 Å². The largest absolute Gasteiger partial charge is 0.493 e. The lowest BCUT2D eigenvalue weighted by Gasteiger charge is -2.35. The van der Waals surface area contributed by atoms with Gasteiger partial charge in [-0.1, -0.05) is 49.0 Å². The minimum Gasteiger partial charge on any atom is -0.493 e. The van der Waals surface area contributed by atoms with Gasteiger partial charge in [0.2, 0.25) is 17.8 Å². The first-order valence-electron chi connectivity index (χ1n) is 17.6. The lowest BCUT2D eigenvalue weighted by atomic mass is 10.1. The second kappa shape index (κ2) is 17.0. The van der Waals surface area contributed by atoms with E-state index in [4.69, 9.17) is 24.2 Å². The zero-order chi connectivity index (χ0) is 37.5. The molecule has 2 saturated heterocycles. The lowest BCUT2D eigenvalue weighted by molar-refractivity contribution is -0.139. The first kappa shape index (κ1) is 37.4. The van der Waals surface area contributed by atoms with Crippen LogP contribution >= 0.6 is 11.8 Å². The number of fused-ring (bicyclic) bond motifs is 1. The number of carbonyl (C=O) groups is 4. The third kappa shape index (κ3) is 8.82. The molecule has 278 valence electrons. The Kier molecular flexibility index (Phi) is 12.0. The SMILES string of the molecule is COc1cc2nc(N3CCN(C(=O)c4ccc(OCc5ccccc5)cc4)CC3)nc(NC(=O)[C@@H]3CCCN3C(=O)C(C)CSC(C)=O)c2cc1OC. The number of nitrogens with one attached hydrogen (secondary N) is 1. The number of benzene rings is 3. The Morgan fingerprint density at radius 1 is 0.906 bits per heavy atom. The van der Waals surface area contributed by atoms with Crippen LogP contribution in [0.3, 0.4) is 0 Å². The molecule has 0 spiro atoms. The van der Waals surface area contributed by atoms with Crippen LogP contribution in [0, 0.1) is 5.92 Å². The maximum absolute atomic E-state index is 13.9. The van der Waals surface area contributed by atoms with Crippen molar-refractivity contribution in [1.29, 1.82) is 0 Å². The molecule has 14 heteroatoms. The van der Waals surface area contributed by atoms with Gasteiger partial charge in [0.1, 0.15) is 24.2 Å². The maximum Gasteiger partial charge on any atom is 0.253 e. The van der Waals surface area contributed by atoms with Gasteiger partial charge >= 0.3 is 0 Å². The summed E-state index contributed by atoms with van der Waals surface area (Å²) in [6.45, 7) is 5.98.